The van der Waals surface area contributed by atoms with E-state index in [1.165, 1.54) is 12.1 Å². The molecular formula is C14H14FN3. The number of amidine groups is 1. The van der Waals surface area contributed by atoms with Gasteiger partial charge >= 0.3 is 0 Å². The number of nitrogens with zero attached hydrogens (tertiary/aromatic N) is 2. The lowest BCUT2D eigenvalue weighted by atomic mass is 10.1. The van der Waals surface area contributed by atoms with Crippen molar-refractivity contribution in [3.8, 4) is 11.3 Å². The van der Waals surface area contributed by atoms with Crippen molar-refractivity contribution in [2.75, 3.05) is 7.05 Å². The Kier molecular flexibility index (Phi) is 3.37. The smallest absolute Gasteiger partial charge is 0.144 e. The lowest BCUT2D eigenvalue weighted by molar-refractivity contribution is 0.628. The Hall–Kier alpha value is -2.23. The molecule has 0 atom stereocenters. The first-order valence-electron chi connectivity index (χ1n) is 5.58. The minimum Gasteiger partial charge on any atom is -0.382 e. The Morgan fingerprint density at radius 2 is 1.83 bits per heavy atom. The van der Waals surface area contributed by atoms with Crippen LogP contribution in [0.3, 0.4) is 0 Å². The van der Waals surface area contributed by atoms with Gasteiger partial charge in [0.1, 0.15) is 17.3 Å². The van der Waals surface area contributed by atoms with E-state index < -0.39 is 0 Å². The normalized spacial score (nSPS) is 11.6. The SMILES string of the molecule is CN=C(N)c1nc(-c2ccc(F)cc2)ccc1C. The lowest BCUT2D eigenvalue weighted by Crippen LogP contribution is -2.16. The van der Waals surface area contributed by atoms with Crippen LogP contribution in [0.4, 0.5) is 4.39 Å². The third-order valence-electron chi connectivity index (χ3n) is 2.72. The molecule has 2 N–H and O–H groups in total. The summed E-state index contributed by atoms with van der Waals surface area (Å²) in [5.74, 6) is 0.136. The fourth-order valence-corrected chi connectivity index (χ4v) is 1.68. The Bertz CT molecular complexity index is 588. The van der Waals surface area contributed by atoms with Gasteiger partial charge in [0.05, 0.1) is 5.69 Å². The summed E-state index contributed by atoms with van der Waals surface area (Å²) in [6, 6.07) is 10.0. The highest BCUT2D eigenvalue weighted by Gasteiger charge is 2.07. The molecular weight excluding hydrogens is 229 g/mol. The molecule has 1 aromatic carbocycles. The van der Waals surface area contributed by atoms with Gasteiger partial charge in [0, 0.05) is 12.6 Å². The van der Waals surface area contributed by atoms with Crippen molar-refractivity contribution in [2.45, 2.75) is 6.92 Å². The fraction of sp³-hybridized carbons (Fsp3) is 0.143. The van der Waals surface area contributed by atoms with E-state index in [1.54, 1.807) is 19.2 Å². The minimum absolute atomic E-state index is 0.263. The Labute approximate surface area is 105 Å². The lowest BCUT2D eigenvalue weighted by Gasteiger charge is -2.07. The first-order chi connectivity index (χ1) is 8.61. The van der Waals surface area contributed by atoms with Gasteiger partial charge in [0.2, 0.25) is 0 Å². The summed E-state index contributed by atoms with van der Waals surface area (Å²) in [6.07, 6.45) is 0. The average molecular weight is 243 g/mol. The molecule has 4 heteroatoms. The highest BCUT2D eigenvalue weighted by atomic mass is 19.1. The summed E-state index contributed by atoms with van der Waals surface area (Å²) < 4.78 is 12.9. The molecule has 0 aliphatic heterocycles. The zero-order chi connectivity index (χ0) is 13.1. The molecule has 0 amide bonds. The van der Waals surface area contributed by atoms with Crippen LogP contribution < -0.4 is 5.73 Å². The number of hydrogen-bond acceptors (Lipinski definition) is 2. The maximum Gasteiger partial charge on any atom is 0.144 e. The van der Waals surface area contributed by atoms with E-state index in [0.717, 1.165) is 16.8 Å². The van der Waals surface area contributed by atoms with Crippen molar-refractivity contribution in [2.24, 2.45) is 10.7 Å². The fourth-order valence-electron chi connectivity index (χ4n) is 1.68. The zero-order valence-electron chi connectivity index (χ0n) is 10.3. The maximum atomic E-state index is 12.9. The second kappa shape index (κ2) is 4.96. The van der Waals surface area contributed by atoms with E-state index in [-0.39, 0.29) is 5.82 Å². The molecule has 18 heavy (non-hydrogen) atoms. The summed E-state index contributed by atoms with van der Waals surface area (Å²) in [5, 5.41) is 0. The number of hydrogen-bond donors (Lipinski definition) is 1. The molecule has 3 nitrogen and oxygen atoms in total. The Balaban J connectivity index is 2.50. The van der Waals surface area contributed by atoms with Crippen molar-refractivity contribution in [1.82, 2.24) is 4.98 Å². The predicted octanol–water partition coefficient (Wildman–Crippen LogP) is 2.53. The minimum atomic E-state index is -0.263. The van der Waals surface area contributed by atoms with Crippen LogP contribution in [0.2, 0.25) is 0 Å². The van der Waals surface area contributed by atoms with Crippen LogP contribution in [0.15, 0.2) is 41.4 Å². The summed E-state index contributed by atoms with van der Waals surface area (Å²) in [4.78, 5) is 8.41. The van der Waals surface area contributed by atoms with Crippen molar-refractivity contribution in [3.05, 3.63) is 53.5 Å². The van der Waals surface area contributed by atoms with Gasteiger partial charge in [0.15, 0.2) is 0 Å². The second-order valence-electron chi connectivity index (χ2n) is 3.98. The number of halogens is 1. The van der Waals surface area contributed by atoms with Crippen LogP contribution in [-0.4, -0.2) is 17.9 Å². The molecule has 0 radical (unpaired) electrons. The molecule has 0 spiro atoms. The molecule has 92 valence electrons. The number of aliphatic imine (C=N–C) groups is 1. The summed E-state index contributed by atoms with van der Waals surface area (Å²) >= 11 is 0. The molecule has 2 rings (SSSR count). The maximum absolute atomic E-state index is 12.9. The van der Waals surface area contributed by atoms with Crippen LogP contribution in [0.5, 0.6) is 0 Å². The molecule has 0 aliphatic rings. The molecule has 0 aliphatic carbocycles. The van der Waals surface area contributed by atoms with Gasteiger partial charge in [-0.2, -0.15) is 0 Å². The van der Waals surface area contributed by atoms with Crippen LogP contribution >= 0.6 is 0 Å². The standard InChI is InChI=1S/C14H14FN3/c1-9-3-8-12(18-13(9)14(16)17-2)10-4-6-11(15)7-5-10/h3-8H,1-2H3,(H2,16,17). The Morgan fingerprint density at radius 3 is 2.44 bits per heavy atom. The molecule has 0 fully saturated rings. The van der Waals surface area contributed by atoms with Gasteiger partial charge in [-0.1, -0.05) is 6.07 Å². The van der Waals surface area contributed by atoms with E-state index in [2.05, 4.69) is 9.98 Å². The number of aryl methyl sites for hydroxylation is 1. The average Bonchev–Trinajstić information content (AvgIpc) is 2.39. The number of rotatable bonds is 2. The van der Waals surface area contributed by atoms with Crippen LogP contribution in [0, 0.1) is 12.7 Å². The molecule has 0 unspecified atom stereocenters. The quantitative estimate of drug-likeness (QED) is 0.651. The summed E-state index contributed by atoms with van der Waals surface area (Å²) in [5.41, 5.74) is 9.02. The third kappa shape index (κ3) is 2.37. The number of nitrogens with two attached hydrogens (primary N) is 1. The highest BCUT2D eigenvalue weighted by molar-refractivity contribution is 5.97. The van der Waals surface area contributed by atoms with Gasteiger partial charge in [-0.3, -0.25) is 4.99 Å². The number of aromatic nitrogens is 1. The van der Waals surface area contributed by atoms with Crippen molar-refractivity contribution in [1.29, 1.82) is 0 Å². The van der Waals surface area contributed by atoms with Gasteiger partial charge in [-0.25, -0.2) is 9.37 Å². The predicted molar refractivity (Wildman–Crippen MR) is 71.0 cm³/mol. The van der Waals surface area contributed by atoms with Crippen LogP contribution in [-0.2, 0) is 0 Å². The van der Waals surface area contributed by atoms with Crippen molar-refractivity contribution >= 4 is 5.84 Å². The van der Waals surface area contributed by atoms with E-state index in [1.807, 2.05) is 19.1 Å². The molecule has 1 heterocycles. The van der Waals surface area contributed by atoms with Crippen molar-refractivity contribution < 1.29 is 4.39 Å². The van der Waals surface area contributed by atoms with Crippen molar-refractivity contribution in [3.63, 3.8) is 0 Å². The van der Waals surface area contributed by atoms with E-state index in [4.69, 9.17) is 5.73 Å². The number of benzene rings is 1. The monoisotopic (exact) mass is 243 g/mol. The van der Waals surface area contributed by atoms with Crippen LogP contribution in [0.25, 0.3) is 11.3 Å². The highest BCUT2D eigenvalue weighted by Crippen LogP contribution is 2.19. The third-order valence-corrected chi connectivity index (χ3v) is 2.72. The topological polar surface area (TPSA) is 51.3 Å². The molecule has 0 bridgehead atoms. The van der Waals surface area contributed by atoms with Crippen LogP contribution in [0.1, 0.15) is 11.3 Å². The number of pyridine rings is 1. The van der Waals surface area contributed by atoms with Gasteiger partial charge in [0.25, 0.3) is 0 Å². The largest absolute Gasteiger partial charge is 0.382 e. The Morgan fingerprint density at radius 1 is 1.17 bits per heavy atom. The second-order valence-corrected chi connectivity index (χ2v) is 3.98. The molecule has 2 aromatic rings. The van der Waals surface area contributed by atoms with Gasteiger partial charge in [-0.15, -0.1) is 0 Å². The van der Waals surface area contributed by atoms with Gasteiger partial charge in [-0.05, 0) is 42.8 Å². The van der Waals surface area contributed by atoms with E-state index >= 15 is 0 Å². The van der Waals surface area contributed by atoms with E-state index in [9.17, 15) is 4.39 Å². The summed E-state index contributed by atoms with van der Waals surface area (Å²) in [7, 11) is 1.63. The van der Waals surface area contributed by atoms with Gasteiger partial charge < -0.3 is 5.73 Å². The molecule has 0 saturated heterocycles. The van der Waals surface area contributed by atoms with E-state index in [0.29, 0.717) is 11.5 Å². The summed E-state index contributed by atoms with van der Waals surface area (Å²) in [6.45, 7) is 1.93. The zero-order valence-corrected chi connectivity index (χ0v) is 10.3. The first kappa shape index (κ1) is 12.2. The molecule has 0 saturated carbocycles. The molecule has 1 aromatic heterocycles. The first-order valence-corrected chi connectivity index (χ1v) is 5.58.